The molecule has 0 aromatic heterocycles. The summed E-state index contributed by atoms with van der Waals surface area (Å²) in [7, 11) is 2.27. The van der Waals surface area contributed by atoms with Gasteiger partial charge < -0.3 is 18.6 Å². The monoisotopic (exact) mass is 276 g/mol. The van der Waals surface area contributed by atoms with Gasteiger partial charge in [0.15, 0.2) is 9.76 Å². The third-order valence-corrected chi connectivity index (χ3v) is 3.59. The summed E-state index contributed by atoms with van der Waals surface area (Å²) in [5.74, 6) is -1.29. The highest BCUT2D eigenvalue weighted by atomic mass is 28.2. The Hall–Kier alpha value is -0.693. The molecule has 0 spiro atoms. The van der Waals surface area contributed by atoms with Crippen LogP contribution in [-0.2, 0) is 23.4 Å². The van der Waals surface area contributed by atoms with Crippen LogP contribution in [-0.4, -0.2) is 42.5 Å². The quantitative estimate of drug-likeness (QED) is 0.198. The molecular weight excluding hydrogens is 252 g/mol. The van der Waals surface area contributed by atoms with E-state index >= 15 is 0 Å². The van der Waals surface area contributed by atoms with E-state index in [4.69, 9.17) is 18.6 Å². The lowest BCUT2D eigenvalue weighted by Crippen LogP contribution is -2.38. The first kappa shape index (κ1) is 17.3. The molecule has 106 valence electrons. The molecule has 5 nitrogen and oxygen atoms in total. The fourth-order valence-electron chi connectivity index (χ4n) is 1.36. The van der Waals surface area contributed by atoms with Crippen molar-refractivity contribution in [2.24, 2.45) is 0 Å². The number of carbonyl (C=O) groups excluding carboxylic acids is 1. The van der Waals surface area contributed by atoms with Gasteiger partial charge in [-0.05, 0) is 19.4 Å². The van der Waals surface area contributed by atoms with E-state index in [1.807, 2.05) is 6.92 Å². The van der Waals surface area contributed by atoms with Crippen molar-refractivity contribution in [2.45, 2.75) is 38.7 Å². The second kappa shape index (κ2) is 9.27. The first-order valence-electron chi connectivity index (χ1n) is 6.08. The van der Waals surface area contributed by atoms with Crippen LogP contribution in [0.4, 0.5) is 0 Å². The Morgan fingerprint density at radius 1 is 1.33 bits per heavy atom. The first-order valence-corrected chi connectivity index (χ1v) is 7.66. The molecule has 0 aliphatic rings. The Balaban J connectivity index is 3.87. The van der Waals surface area contributed by atoms with Crippen molar-refractivity contribution in [3.63, 3.8) is 0 Å². The van der Waals surface area contributed by atoms with Gasteiger partial charge in [0.05, 0.1) is 6.61 Å². The molecular formula is C12H24O5Si. The molecule has 0 rings (SSSR count). The lowest BCUT2D eigenvalue weighted by atomic mass is 10.3. The third-order valence-electron chi connectivity index (χ3n) is 2.37. The zero-order valence-corrected chi connectivity index (χ0v) is 13.2. The van der Waals surface area contributed by atoms with Crippen LogP contribution in [0.3, 0.4) is 0 Å². The van der Waals surface area contributed by atoms with Crippen LogP contribution < -0.4 is 0 Å². The van der Waals surface area contributed by atoms with Crippen molar-refractivity contribution in [2.75, 3.05) is 20.8 Å². The number of rotatable bonds is 10. The van der Waals surface area contributed by atoms with Crippen molar-refractivity contribution in [1.82, 2.24) is 0 Å². The van der Waals surface area contributed by atoms with Gasteiger partial charge in [-0.2, -0.15) is 0 Å². The minimum absolute atomic E-state index is 0.355. The highest BCUT2D eigenvalue weighted by Gasteiger charge is 2.28. The van der Waals surface area contributed by atoms with Crippen LogP contribution >= 0.6 is 0 Å². The van der Waals surface area contributed by atoms with Gasteiger partial charge in [0, 0.05) is 26.2 Å². The van der Waals surface area contributed by atoms with Gasteiger partial charge in [0.1, 0.15) is 0 Å². The topological polar surface area (TPSA) is 54.0 Å². The van der Waals surface area contributed by atoms with Crippen molar-refractivity contribution < 1.29 is 23.4 Å². The molecule has 0 heterocycles. The number of carbonyl (C=O) groups is 1. The van der Waals surface area contributed by atoms with Crippen molar-refractivity contribution >= 4 is 15.7 Å². The first-order chi connectivity index (χ1) is 8.51. The third kappa shape index (κ3) is 6.30. The lowest BCUT2D eigenvalue weighted by Gasteiger charge is -2.30. The van der Waals surface area contributed by atoms with Crippen LogP contribution in [0.25, 0.3) is 0 Å². The number of ether oxygens (including phenoxy) is 3. The predicted molar refractivity (Wildman–Crippen MR) is 71.9 cm³/mol. The van der Waals surface area contributed by atoms with E-state index < -0.39 is 15.7 Å². The molecule has 0 aliphatic heterocycles. The molecule has 0 atom stereocenters. The number of methoxy groups -OCH3 is 2. The van der Waals surface area contributed by atoms with Gasteiger partial charge in [-0.3, -0.25) is 0 Å². The van der Waals surface area contributed by atoms with E-state index in [2.05, 4.69) is 6.58 Å². The van der Waals surface area contributed by atoms with Gasteiger partial charge >= 0.3 is 5.97 Å². The lowest BCUT2D eigenvalue weighted by molar-refractivity contribution is -0.326. The highest BCUT2D eigenvalue weighted by molar-refractivity contribution is 6.27. The van der Waals surface area contributed by atoms with Crippen molar-refractivity contribution in [1.29, 1.82) is 0 Å². The van der Waals surface area contributed by atoms with Crippen molar-refractivity contribution in [3.05, 3.63) is 12.2 Å². The smallest absolute Gasteiger partial charge is 0.333 e. The Morgan fingerprint density at radius 3 is 2.39 bits per heavy atom. The fourth-order valence-corrected chi connectivity index (χ4v) is 2.46. The molecule has 0 aliphatic carbocycles. The largest absolute Gasteiger partial charge is 0.463 e. The molecule has 0 unspecified atom stereocenters. The summed E-state index contributed by atoms with van der Waals surface area (Å²) in [6.45, 7) is 7.52. The maximum atomic E-state index is 11.1. The highest BCUT2D eigenvalue weighted by Crippen LogP contribution is 2.19. The van der Waals surface area contributed by atoms with Gasteiger partial charge in [-0.1, -0.05) is 13.5 Å². The maximum Gasteiger partial charge on any atom is 0.333 e. The predicted octanol–water partition coefficient (Wildman–Crippen LogP) is 1.37. The Kier molecular flexibility index (Phi) is 8.91. The SMILES string of the molecule is C=C(C)C(=O)OCC[SiH2]OC(CCC)(OC)OC. The Morgan fingerprint density at radius 2 is 1.94 bits per heavy atom. The van der Waals surface area contributed by atoms with Crippen molar-refractivity contribution in [3.8, 4) is 0 Å². The number of hydrogen-bond acceptors (Lipinski definition) is 5. The summed E-state index contributed by atoms with van der Waals surface area (Å²) in [6.07, 6.45) is 1.58. The van der Waals surface area contributed by atoms with Gasteiger partial charge in [0.2, 0.25) is 0 Å². The molecule has 0 fully saturated rings. The second-order valence-electron chi connectivity index (χ2n) is 3.96. The van der Waals surface area contributed by atoms with Gasteiger partial charge in [-0.15, -0.1) is 0 Å². The summed E-state index contributed by atoms with van der Waals surface area (Å²) < 4.78 is 21.2. The van der Waals surface area contributed by atoms with Gasteiger partial charge in [-0.25, -0.2) is 4.79 Å². The molecule has 0 aromatic rings. The molecule has 0 aromatic carbocycles. The average Bonchev–Trinajstić information content (AvgIpc) is 2.36. The number of hydrogen-bond donors (Lipinski definition) is 0. The molecule has 0 N–H and O–H groups in total. The molecule has 0 saturated carbocycles. The molecule has 6 heteroatoms. The molecule has 18 heavy (non-hydrogen) atoms. The van der Waals surface area contributed by atoms with E-state index in [1.165, 1.54) is 0 Å². The normalized spacial score (nSPS) is 12.0. The summed E-state index contributed by atoms with van der Waals surface area (Å²) in [4.78, 5) is 11.1. The summed E-state index contributed by atoms with van der Waals surface area (Å²) in [6, 6.07) is 0.719. The molecule has 0 radical (unpaired) electrons. The van der Waals surface area contributed by atoms with Crippen LogP contribution in [0.1, 0.15) is 26.7 Å². The fraction of sp³-hybridized carbons (Fsp3) is 0.750. The average molecular weight is 276 g/mol. The Bertz CT molecular complexity index is 263. The molecule has 0 amide bonds. The van der Waals surface area contributed by atoms with Crippen LogP contribution in [0, 0.1) is 0 Å². The Labute approximate surface area is 111 Å². The summed E-state index contributed by atoms with van der Waals surface area (Å²) in [5.41, 5.74) is 0.409. The molecule has 0 saturated heterocycles. The van der Waals surface area contributed by atoms with E-state index in [1.54, 1.807) is 21.1 Å². The standard InChI is InChI=1S/C12H24O5Si/c1-6-7-12(14-4,15-5)17-18-9-8-16-11(13)10(2)3/h2,6-9,18H2,1,3-5H3. The van der Waals surface area contributed by atoms with E-state index in [-0.39, 0.29) is 5.97 Å². The molecule has 0 bridgehead atoms. The number of esters is 1. The van der Waals surface area contributed by atoms with Gasteiger partial charge in [0.25, 0.3) is 5.97 Å². The van der Waals surface area contributed by atoms with E-state index in [0.29, 0.717) is 18.6 Å². The van der Waals surface area contributed by atoms with E-state index in [9.17, 15) is 4.79 Å². The summed E-state index contributed by atoms with van der Waals surface area (Å²) >= 11 is 0. The second-order valence-corrected chi connectivity index (χ2v) is 5.36. The van der Waals surface area contributed by atoms with Crippen LogP contribution in [0.5, 0.6) is 0 Å². The minimum atomic E-state index is -0.931. The zero-order valence-electron chi connectivity index (χ0n) is 11.8. The van der Waals surface area contributed by atoms with E-state index in [0.717, 1.165) is 12.5 Å². The minimum Gasteiger partial charge on any atom is -0.463 e. The maximum absolute atomic E-state index is 11.1. The summed E-state index contributed by atoms with van der Waals surface area (Å²) in [5, 5.41) is 0. The zero-order chi connectivity index (χ0) is 14.0. The van der Waals surface area contributed by atoms with Crippen LogP contribution in [0.15, 0.2) is 12.2 Å². The van der Waals surface area contributed by atoms with Crippen LogP contribution in [0.2, 0.25) is 6.04 Å².